The first-order valence-electron chi connectivity index (χ1n) is 13.0. The average molecular weight is 432 g/mol. The van der Waals surface area contributed by atoms with Gasteiger partial charge in [-0.1, -0.05) is 19.8 Å². The monoisotopic (exact) mass is 431 g/mol. The summed E-state index contributed by atoms with van der Waals surface area (Å²) in [5, 5.41) is 3.50. The Balaban J connectivity index is 1.22. The summed E-state index contributed by atoms with van der Waals surface area (Å²) in [6.07, 6.45) is 15.7. The number of hydrogen-bond donors (Lipinski definition) is 1. The van der Waals surface area contributed by atoms with Gasteiger partial charge in [-0.3, -0.25) is 4.98 Å². The zero-order chi connectivity index (χ0) is 21.5. The zero-order valence-electron chi connectivity index (χ0n) is 19.5. The summed E-state index contributed by atoms with van der Waals surface area (Å²) in [4.78, 5) is 17.1. The normalized spacial score (nSPS) is 27.0. The summed E-state index contributed by atoms with van der Waals surface area (Å²) in [6, 6.07) is 4.74. The molecule has 1 N–H and O–H groups in total. The quantitative estimate of drug-likeness (QED) is 0.584. The van der Waals surface area contributed by atoms with Crippen LogP contribution in [0.25, 0.3) is 0 Å². The maximum atomic E-state index is 5.10. The number of rotatable bonds is 7. The molecule has 170 valence electrons. The topological polar surface area (TPSA) is 53.9 Å². The molecule has 0 radical (unpaired) electrons. The first kappa shape index (κ1) is 20.6. The molecule has 1 aliphatic heterocycles. The van der Waals surface area contributed by atoms with Crippen LogP contribution in [0, 0.1) is 11.8 Å². The van der Waals surface area contributed by atoms with Crippen LogP contribution in [0.1, 0.15) is 99.4 Å². The number of hydrogen-bond acceptors (Lipinski definition) is 5. The van der Waals surface area contributed by atoms with Crippen LogP contribution in [0.5, 0.6) is 0 Å². The number of nitrogens with zero attached hydrogens (tertiary/aromatic N) is 4. The van der Waals surface area contributed by atoms with Crippen molar-refractivity contribution in [1.82, 2.24) is 19.9 Å². The third kappa shape index (κ3) is 4.68. The lowest BCUT2D eigenvalue weighted by Gasteiger charge is -2.32. The Bertz CT molecular complexity index is 926. The predicted octanol–water partition coefficient (Wildman–Crippen LogP) is 5.99. The van der Waals surface area contributed by atoms with Crippen LogP contribution in [-0.2, 0) is 0 Å². The van der Waals surface area contributed by atoms with Gasteiger partial charge < -0.3 is 10.2 Å². The summed E-state index contributed by atoms with van der Waals surface area (Å²) in [5.41, 5.74) is 3.90. The molecular formula is C27H37N5. The van der Waals surface area contributed by atoms with E-state index >= 15 is 0 Å². The highest BCUT2D eigenvalue weighted by atomic mass is 15.1. The molecule has 6 rings (SSSR count). The van der Waals surface area contributed by atoms with Crippen molar-refractivity contribution >= 4 is 11.6 Å². The third-order valence-corrected chi connectivity index (χ3v) is 8.30. The Hall–Kier alpha value is -2.01. The van der Waals surface area contributed by atoms with Crippen LogP contribution in [-0.4, -0.2) is 39.5 Å². The second kappa shape index (κ2) is 8.74. The van der Waals surface area contributed by atoms with E-state index < -0.39 is 0 Å². The minimum atomic E-state index is 0.591. The van der Waals surface area contributed by atoms with Gasteiger partial charge in [-0.05, 0) is 93.5 Å². The average Bonchev–Trinajstić information content (AvgIpc) is 3.74. The molecule has 0 amide bonds. The largest absolute Gasteiger partial charge is 0.324 e. The summed E-state index contributed by atoms with van der Waals surface area (Å²) in [5.74, 6) is 5.35. The molecule has 2 aromatic heterocycles. The van der Waals surface area contributed by atoms with E-state index in [4.69, 9.17) is 4.98 Å². The van der Waals surface area contributed by atoms with Crippen molar-refractivity contribution < 1.29 is 0 Å². The van der Waals surface area contributed by atoms with Crippen molar-refractivity contribution in [3.63, 3.8) is 0 Å². The molecule has 3 aliphatic carbocycles. The number of nitrogens with one attached hydrogen (secondary N) is 1. The third-order valence-electron chi connectivity index (χ3n) is 8.30. The fraction of sp³-hybridized carbons (Fsp3) is 0.667. The van der Waals surface area contributed by atoms with E-state index in [0.29, 0.717) is 17.8 Å². The van der Waals surface area contributed by atoms with Gasteiger partial charge in [-0.15, -0.1) is 0 Å². The van der Waals surface area contributed by atoms with Gasteiger partial charge in [0.15, 0.2) is 0 Å². The van der Waals surface area contributed by atoms with Crippen molar-refractivity contribution in [3.05, 3.63) is 41.5 Å². The second-order valence-corrected chi connectivity index (χ2v) is 11.0. The van der Waals surface area contributed by atoms with E-state index in [1.165, 1.54) is 88.7 Å². The SMILES string of the molecule is CC1CCCC1c1cc(C2CCN(CC3CC3)CC2)cc(Nc2cnc(C3CC3)cn2)n1. The lowest BCUT2D eigenvalue weighted by atomic mass is 9.86. The summed E-state index contributed by atoms with van der Waals surface area (Å²) < 4.78 is 0. The van der Waals surface area contributed by atoms with Gasteiger partial charge >= 0.3 is 0 Å². The Morgan fingerprint density at radius 1 is 0.844 bits per heavy atom. The summed E-state index contributed by atoms with van der Waals surface area (Å²) >= 11 is 0. The van der Waals surface area contributed by atoms with E-state index in [0.717, 1.165) is 29.2 Å². The standard InChI is InChI=1S/C27H37N5/c1-18-3-2-4-23(18)24-13-22(20-9-11-32(12-10-20)17-19-5-6-19)14-26(30-24)31-27-16-28-25(15-29-27)21-7-8-21/h13-16,18-21,23H,2-12,17H2,1H3,(H,29,30,31). The first-order chi connectivity index (χ1) is 15.7. The van der Waals surface area contributed by atoms with Crippen LogP contribution in [0.15, 0.2) is 24.5 Å². The summed E-state index contributed by atoms with van der Waals surface area (Å²) in [6.45, 7) is 6.22. The number of piperidine rings is 1. The summed E-state index contributed by atoms with van der Waals surface area (Å²) in [7, 11) is 0. The minimum Gasteiger partial charge on any atom is -0.324 e. The highest BCUT2D eigenvalue weighted by Gasteiger charge is 2.30. The zero-order valence-corrected chi connectivity index (χ0v) is 19.5. The lowest BCUT2D eigenvalue weighted by molar-refractivity contribution is 0.204. The van der Waals surface area contributed by atoms with E-state index in [1.807, 2.05) is 12.4 Å². The Morgan fingerprint density at radius 3 is 2.34 bits per heavy atom. The van der Waals surface area contributed by atoms with Crippen LogP contribution >= 0.6 is 0 Å². The van der Waals surface area contributed by atoms with Gasteiger partial charge in [0.05, 0.1) is 18.1 Å². The van der Waals surface area contributed by atoms with Crippen molar-refractivity contribution in [2.24, 2.45) is 11.8 Å². The van der Waals surface area contributed by atoms with Gasteiger partial charge in [0.2, 0.25) is 0 Å². The molecule has 5 nitrogen and oxygen atoms in total. The lowest BCUT2D eigenvalue weighted by Crippen LogP contribution is -2.34. The molecule has 4 fully saturated rings. The number of aromatic nitrogens is 3. The second-order valence-electron chi connectivity index (χ2n) is 11.0. The molecule has 5 heteroatoms. The van der Waals surface area contributed by atoms with Gasteiger partial charge in [-0.2, -0.15) is 0 Å². The van der Waals surface area contributed by atoms with Crippen LogP contribution in [0.3, 0.4) is 0 Å². The highest BCUT2D eigenvalue weighted by molar-refractivity contribution is 5.53. The number of anilines is 2. The Morgan fingerprint density at radius 2 is 1.69 bits per heavy atom. The molecule has 0 spiro atoms. The van der Waals surface area contributed by atoms with E-state index in [9.17, 15) is 0 Å². The van der Waals surface area contributed by atoms with Gasteiger partial charge in [0.1, 0.15) is 11.6 Å². The molecule has 0 bridgehead atoms. The Kier molecular flexibility index (Phi) is 5.62. The van der Waals surface area contributed by atoms with Crippen molar-refractivity contribution in [2.45, 2.75) is 82.5 Å². The van der Waals surface area contributed by atoms with Gasteiger partial charge in [-0.25, -0.2) is 9.97 Å². The molecule has 3 saturated carbocycles. The molecule has 3 heterocycles. The molecule has 2 atom stereocenters. The van der Waals surface area contributed by atoms with Gasteiger partial charge in [0.25, 0.3) is 0 Å². The fourth-order valence-corrected chi connectivity index (χ4v) is 5.89. The highest BCUT2D eigenvalue weighted by Crippen LogP contribution is 2.41. The maximum absolute atomic E-state index is 5.10. The number of pyridine rings is 1. The van der Waals surface area contributed by atoms with Crippen molar-refractivity contribution in [2.75, 3.05) is 25.0 Å². The molecule has 2 unspecified atom stereocenters. The molecule has 1 saturated heterocycles. The van der Waals surface area contributed by atoms with E-state index in [1.54, 1.807) is 0 Å². The molecular weight excluding hydrogens is 394 g/mol. The Labute approximate surface area is 192 Å². The molecule has 0 aromatic carbocycles. The fourth-order valence-electron chi connectivity index (χ4n) is 5.89. The smallest absolute Gasteiger partial charge is 0.150 e. The van der Waals surface area contributed by atoms with Crippen molar-refractivity contribution in [3.8, 4) is 0 Å². The van der Waals surface area contributed by atoms with Gasteiger partial charge in [0, 0.05) is 24.1 Å². The van der Waals surface area contributed by atoms with Crippen LogP contribution < -0.4 is 5.32 Å². The van der Waals surface area contributed by atoms with Crippen LogP contribution in [0.2, 0.25) is 0 Å². The maximum Gasteiger partial charge on any atom is 0.150 e. The van der Waals surface area contributed by atoms with Crippen LogP contribution in [0.4, 0.5) is 11.6 Å². The van der Waals surface area contributed by atoms with E-state index in [-0.39, 0.29) is 0 Å². The minimum absolute atomic E-state index is 0.591. The van der Waals surface area contributed by atoms with Crippen molar-refractivity contribution in [1.29, 1.82) is 0 Å². The van der Waals surface area contributed by atoms with E-state index in [2.05, 4.69) is 39.2 Å². The molecule has 32 heavy (non-hydrogen) atoms. The first-order valence-corrected chi connectivity index (χ1v) is 13.0. The number of likely N-dealkylation sites (tertiary alicyclic amines) is 1. The molecule has 4 aliphatic rings. The predicted molar refractivity (Wildman–Crippen MR) is 128 cm³/mol. The molecule has 2 aromatic rings.